The Kier molecular flexibility index (Phi) is 23.2. The molecule has 13 nitrogen and oxygen atoms in total. The van der Waals surface area contributed by atoms with Crippen molar-refractivity contribution in [3.63, 3.8) is 0 Å². The fraction of sp³-hybridized carbons (Fsp3) is 0.943. The first kappa shape index (κ1) is 64.6. The highest BCUT2D eigenvalue weighted by atomic mass is 16.1. The van der Waals surface area contributed by atoms with Gasteiger partial charge in [-0.15, -0.1) is 0 Å². The van der Waals surface area contributed by atoms with Gasteiger partial charge in [0.1, 0.15) is 0 Å². The van der Waals surface area contributed by atoms with Gasteiger partial charge in [-0.25, -0.2) is 0 Å². The molecular formula is C53H112N10O3. The quantitative estimate of drug-likeness (QED) is 0.0283. The van der Waals surface area contributed by atoms with Crippen LogP contribution in [0.15, 0.2) is 0 Å². The van der Waals surface area contributed by atoms with Gasteiger partial charge in [-0.1, -0.05) is 76.2 Å². The first-order valence-electron chi connectivity index (χ1n) is 25.7. The summed E-state index contributed by atoms with van der Waals surface area (Å²) in [6, 6.07) is 0. The number of carbonyl (C=O) groups excluding carboxylic acids is 3. The van der Waals surface area contributed by atoms with E-state index in [1.165, 1.54) is 0 Å². The van der Waals surface area contributed by atoms with Crippen LogP contribution in [-0.2, 0) is 14.4 Å². The predicted molar refractivity (Wildman–Crippen MR) is 282 cm³/mol. The van der Waals surface area contributed by atoms with E-state index in [-0.39, 0.29) is 34.0 Å². The summed E-state index contributed by atoms with van der Waals surface area (Å²) in [7, 11) is 0. The lowest BCUT2D eigenvalue weighted by Gasteiger charge is -2.44. The average Bonchev–Trinajstić information content (AvgIpc) is 3.13. The molecule has 0 aliphatic rings. The standard InChI is InChI=1S/C53H112N10O3/c1-25-49(20,39(64)42(6,7)36-45(12,13)60-48(18,19)54)57-30-33-63(34-31-58-50(21,26-2)40(65)43(8,9)37-46(14,15)61-52(23,55)28-4)35-32-59-51(22,27-3)41(66)44(10,11)38-47(16,17)62-53(24,56)29-5/h57-62H,25-38,54-56H2,1-24H3. The fourth-order valence-electron chi connectivity index (χ4n) is 11.4. The van der Waals surface area contributed by atoms with Crippen molar-refractivity contribution in [2.75, 3.05) is 39.3 Å². The molecular weight excluding hydrogens is 825 g/mol. The average molecular weight is 938 g/mol. The van der Waals surface area contributed by atoms with Crippen LogP contribution in [0.25, 0.3) is 0 Å². The molecule has 0 aliphatic carbocycles. The second-order valence-corrected chi connectivity index (χ2v) is 26.1. The van der Waals surface area contributed by atoms with E-state index in [1.54, 1.807) is 0 Å². The molecule has 0 spiro atoms. The maximum Gasteiger partial charge on any atom is 0.158 e. The van der Waals surface area contributed by atoms with Crippen LogP contribution in [-0.4, -0.2) is 112 Å². The van der Waals surface area contributed by atoms with Crippen molar-refractivity contribution in [2.24, 2.45) is 33.4 Å². The normalized spacial score (nSPS) is 18.5. The third-order valence-corrected chi connectivity index (χ3v) is 14.3. The van der Waals surface area contributed by atoms with Gasteiger partial charge in [0.15, 0.2) is 17.3 Å². The molecule has 0 saturated heterocycles. The Morgan fingerprint density at radius 1 is 0.379 bits per heavy atom. The summed E-state index contributed by atoms with van der Waals surface area (Å²) in [6.45, 7) is 53.0. The number of hydrogen-bond acceptors (Lipinski definition) is 13. The van der Waals surface area contributed by atoms with Crippen LogP contribution in [0.4, 0.5) is 0 Å². The molecule has 392 valence electrons. The van der Waals surface area contributed by atoms with Gasteiger partial charge in [0, 0.05) is 72.1 Å². The topological polar surface area (TPSA) is 205 Å². The van der Waals surface area contributed by atoms with Crippen LogP contribution in [0, 0.1) is 16.2 Å². The molecule has 0 heterocycles. The Balaban J connectivity index is 6.54. The van der Waals surface area contributed by atoms with E-state index in [1.807, 2.05) is 90.0 Å². The van der Waals surface area contributed by atoms with Crippen molar-refractivity contribution < 1.29 is 14.4 Å². The van der Waals surface area contributed by atoms with Crippen LogP contribution in [0.3, 0.4) is 0 Å². The molecule has 0 rings (SSSR count). The Morgan fingerprint density at radius 3 is 0.803 bits per heavy atom. The molecule has 0 saturated carbocycles. The van der Waals surface area contributed by atoms with E-state index in [2.05, 4.69) is 113 Å². The minimum atomic E-state index is -0.751. The second kappa shape index (κ2) is 23.7. The molecule has 0 aromatic carbocycles. The summed E-state index contributed by atoms with van der Waals surface area (Å²) in [6.07, 6.45) is 5.33. The monoisotopic (exact) mass is 937 g/mol. The summed E-state index contributed by atoms with van der Waals surface area (Å²) in [5.74, 6) is 0.523. The maximum atomic E-state index is 14.5. The first-order chi connectivity index (χ1) is 29.3. The van der Waals surface area contributed by atoms with Crippen molar-refractivity contribution in [2.45, 2.75) is 268 Å². The van der Waals surface area contributed by atoms with Gasteiger partial charge in [0.25, 0.3) is 0 Å². The summed E-state index contributed by atoms with van der Waals surface area (Å²) in [5.41, 5.74) is 12.5. The molecule has 0 aromatic rings. The van der Waals surface area contributed by atoms with Crippen LogP contribution >= 0.6 is 0 Å². The van der Waals surface area contributed by atoms with Crippen molar-refractivity contribution in [3.05, 3.63) is 0 Å². The number of ketones is 3. The molecule has 0 amide bonds. The second-order valence-electron chi connectivity index (χ2n) is 26.1. The SMILES string of the molecule is CCC(C)(N)NC(C)(C)CC(C)(C)C(=O)C(C)(CC)NCCN(CCNC(C)(CC)C(=O)C(C)(C)CC(C)(C)NC(C)(C)N)CCNC(C)(CC)C(=O)C(C)(C)CC(C)(C)NC(C)(N)CC. The van der Waals surface area contributed by atoms with Crippen LogP contribution < -0.4 is 49.1 Å². The van der Waals surface area contributed by atoms with Gasteiger partial charge in [0.05, 0.1) is 33.6 Å². The van der Waals surface area contributed by atoms with Crippen molar-refractivity contribution in [1.29, 1.82) is 0 Å². The van der Waals surface area contributed by atoms with Crippen LogP contribution in [0.5, 0.6) is 0 Å². The summed E-state index contributed by atoms with van der Waals surface area (Å²) in [5, 5.41) is 21.8. The Morgan fingerprint density at radius 2 is 0.606 bits per heavy atom. The molecule has 0 bridgehead atoms. The van der Waals surface area contributed by atoms with Gasteiger partial charge in [-0.2, -0.15) is 0 Å². The van der Waals surface area contributed by atoms with E-state index >= 15 is 0 Å². The highest BCUT2D eigenvalue weighted by molar-refractivity contribution is 5.94. The molecule has 0 fully saturated rings. The molecule has 0 radical (unpaired) electrons. The molecule has 0 aliphatic heterocycles. The third kappa shape index (κ3) is 20.9. The van der Waals surface area contributed by atoms with Gasteiger partial charge < -0.3 is 33.2 Å². The smallest absolute Gasteiger partial charge is 0.158 e. The Labute approximate surface area is 407 Å². The van der Waals surface area contributed by atoms with Crippen LogP contribution in [0.2, 0.25) is 0 Å². The molecule has 13 heteroatoms. The number of rotatable bonds is 35. The minimum absolute atomic E-state index is 0.171. The lowest BCUT2D eigenvalue weighted by molar-refractivity contribution is -0.135. The van der Waals surface area contributed by atoms with Gasteiger partial charge in [0.2, 0.25) is 0 Å². The maximum absolute atomic E-state index is 14.5. The van der Waals surface area contributed by atoms with Gasteiger partial charge in [-0.3, -0.25) is 35.2 Å². The first-order valence-corrected chi connectivity index (χ1v) is 25.7. The zero-order chi connectivity index (χ0) is 52.5. The van der Waals surface area contributed by atoms with E-state index < -0.39 is 49.9 Å². The van der Waals surface area contributed by atoms with E-state index in [9.17, 15) is 14.4 Å². The van der Waals surface area contributed by atoms with Crippen molar-refractivity contribution in [1.82, 2.24) is 36.8 Å². The lowest BCUT2D eigenvalue weighted by Crippen LogP contribution is -2.62. The summed E-state index contributed by atoms with van der Waals surface area (Å²) < 4.78 is 0. The molecule has 0 aromatic heterocycles. The summed E-state index contributed by atoms with van der Waals surface area (Å²) >= 11 is 0. The number of nitrogens with one attached hydrogen (secondary N) is 6. The number of Topliss-reactive ketones (excluding diaryl/α,β-unsaturated/α-hetero) is 3. The zero-order valence-electron chi connectivity index (χ0n) is 47.8. The third-order valence-electron chi connectivity index (χ3n) is 14.3. The predicted octanol–water partition coefficient (Wildman–Crippen LogP) is 7.49. The molecule has 12 N–H and O–H groups in total. The number of carbonyl (C=O) groups is 3. The highest BCUT2D eigenvalue weighted by Gasteiger charge is 2.47. The highest BCUT2D eigenvalue weighted by Crippen LogP contribution is 2.37. The van der Waals surface area contributed by atoms with E-state index in [4.69, 9.17) is 17.2 Å². The number of nitrogens with two attached hydrogens (primary N) is 3. The van der Waals surface area contributed by atoms with E-state index in [0.717, 1.165) is 12.8 Å². The van der Waals surface area contributed by atoms with Gasteiger partial charge >= 0.3 is 0 Å². The number of hydrogen-bond donors (Lipinski definition) is 9. The Bertz CT molecular complexity index is 1470. The largest absolute Gasteiger partial charge is 0.314 e. The Hall–Kier alpha value is -1.39. The van der Waals surface area contributed by atoms with Crippen molar-refractivity contribution >= 4 is 17.3 Å². The van der Waals surface area contributed by atoms with Crippen LogP contribution in [0.1, 0.15) is 218 Å². The van der Waals surface area contributed by atoms with E-state index in [0.29, 0.717) is 77.8 Å². The summed E-state index contributed by atoms with van der Waals surface area (Å²) in [4.78, 5) is 45.9. The number of nitrogens with zero attached hydrogens (tertiary/aromatic N) is 1. The minimum Gasteiger partial charge on any atom is -0.314 e. The van der Waals surface area contributed by atoms with Gasteiger partial charge in [-0.05, 0) is 141 Å². The fourth-order valence-corrected chi connectivity index (χ4v) is 11.4. The molecule has 5 unspecified atom stereocenters. The molecule has 66 heavy (non-hydrogen) atoms. The van der Waals surface area contributed by atoms with Crippen molar-refractivity contribution in [3.8, 4) is 0 Å². The molecule has 5 atom stereocenters. The lowest BCUT2D eigenvalue weighted by atomic mass is 9.70. The zero-order valence-corrected chi connectivity index (χ0v) is 47.8.